The Hall–Kier alpha value is -2.03. The largest absolute Gasteiger partial charge is 0.495 e. The number of nitrogens with zero attached hydrogens (tertiary/aromatic N) is 1. The first kappa shape index (κ1) is 22.3. The van der Waals surface area contributed by atoms with Crippen molar-refractivity contribution in [2.24, 2.45) is 0 Å². The molecule has 8 heteroatoms. The van der Waals surface area contributed by atoms with E-state index in [-0.39, 0.29) is 16.6 Å². The molecule has 0 heterocycles. The summed E-state index contributed by atoms with van der Waals surface area (Å²) in [4.78, 5) is 12.5. The number of sulfonamides is 1. The topological polar surface area (TPSA) is 75.7 Å². The first-order valence-electron chi connectivity index (χ1n) is 8.69. The average molecular weight is 423 g/mol. The molecule has 0 aliphatic heterocycles. The van der Waals surface area contributed by atoms with E-state index in [2.05, 4.69) is 30.4 Å². The molecule has 0 radical (unpaired) electrons. The van der Waals surface area contributed by atoms with Crippen molar-refractivity contribution >= 4 is 33.4 Å². The molecule has 28 heavy (non-hydrogen) atoms. The Morgan fingerprint density at radius 1 is 1.14 bits per heavy atom. The third-order valence-electron chi connectivity index (χ3n) is 4.22. The fraction of sp³-hybridized carbons (Fsp3) is 0.350. The Morgan fingerprint density at radius 2 is 1.86 bits per heavy atom. The summed E-state index contributed by atoms with van der Waals surface area (Å²) in [5.41, 5.74) is 3.92. The number of thioether (sulfide) groups is 1. The minimum Gasteiger partial charge on any atom is -0.495 e. The predicted molar refractivity (Wildman–Crippen MR) is 115 cm³/mol. The van der Waals surface area contributed by atoms with Crippen LogP contribution in [-0.2, 0) is 20.6 Å². The highest BCUT2D eigenvalue weighted by Gasteiger charge is 2.19. The lowest BCUT2D eigenvalue weighted by molar-refractivity contribution is -0.113. The first-order valence-corrected chi connectivity index (χ1v) is 11.3. The van der Waals surface area contributed by atoms with Crippen LogP contribution in [0.3, 0.4) is 0 Å². The van der Waals surface area contributed by atoms with E-state index in [1.54, 1.807) is 0 Å². The third kappa shape index (κ3) is 5.50. The van der Waals surface area contributed by atoms with Crippen molar-refractivity contribution in [1.82, 2.24) is 4.31 Å². The molecule has 1 N–H and O–H groups in total. The van der Waals surface area contributed by atoms with Crippen LogP contribution < -0.4 is 10.1 Å². The van der Waals surface area contributed by atoms with Gasteiger partial charge in [-0.3, -0.25) is 4.79 Å². The summed E-state index contributed by atoms with van der Waals surface area (Å²) in [5.74, 6) is 1.17. The zero-order valence-electron chi connectivity index (χ0n) is 16.8. The summed E-state index contributed by atoms with van der Waals surface area (Å²) < 4.78 is 31.0. The molecule has 2 aromatic carbocycles. The average Bonchev–Trinajstić information content (AvgIpc) is 2.64. The molecule has 6 nitrogen and oxygen atoms in total. The van der Waals surface area contributed by atoms with Crippen molar-refractivity contribution in [3.63, 3.8) is 0 Å². The summed E-state index contributed by atoms with van der Waals surface area (Å²) >= 11 is 1.51. The monoisotopic (exact) mass is 422 g/mol. The molecule has 1 amide bonds. The van der Waals surface area contributed by atoms with Gasteiger partial charge in [-0.1, -0.05) is 23.8 Å². The maximum absolute atomic E-state index is 12.4. The van der Waals surface area contributed by atoms with Crippen LogP contribution in [-0.4, -0.2) is 45.6 Å². The van der Waals surface area contributed by atoms with Gasteiger partial charge in [0.2, 0.25) is 15.9 Å². The van der Waals surface area contributed by atoms with Crippen LogP contribution in [0.25, 0.3) is 0 Å². The molecule has 152 valence electrons. The van der Waals surface area contributed by atoms with Crippen LogP contribution in [0.15, 0.2) is 41.3 Å². The third-order valence-corrected chi connectivity index (χ3v) is 7.01. The molecular formula is C20H26N2O4S2. The van der Waals surface area contributed by atoms with Gasteiger partial charge in [0.25, 0.3) is 0 Å². The van der Waals surface area contributed by atoms with E-state index in [9.17, 15) is 13.2 Å². The highest BCUT2D eigenvalue weighted by Crippen LogP contribution is 2.29. The molecule has 0 unspecified atom stereocenters. The van der Waals surface area contributed by atoms with Gasteiger partial charge in [-0.2, -0.15) is 0 Å². The number of hydrogen-bond acceptors (Lipinski definition) is 5. The van der Waals surface area contributed by atoms with Crippen LogP contribution in [0.4, 0.5) is 5.69 Å². The summed E-state index contributed by atoms with van der Waals surface area (Å²) in [6.45, 7) is 4.10. The second-order valence-electron chi connectivity index (χ2n) is 6.62. The number of aryl methyl sites for hydroxylation is 2. The van der Waals surface area contributed by atoms with Gasteiger partial charge in [-0.05, 0) is 43.2 Å². The number of ether oxygens (including phenoxy) is 1. The fourth-order valence-corrected chi connectivity index (χ4v) is 4.37. The van der Waals surface area contributed by atoms with Crippen molar-refractivity contribution in [3.05, 3.63) is 53.1 Å². The van der Waals surface area contributed by atoms with E-state index in [4.69, 9.17) is 4.74 Å². The summed E-state index contributed by atoms with van der Waals surface area (Å²) in [5, 5.41) is 2.76. The Labute approximate surface area is 171 Å². The highest BCUT2D eigenvalue weighted by molar-refractivity contribution is 7.99. The van der Waals surface area contributed by atoms with Gasteiger partial charge in [-0.25, -0.2) is 12.7 Å². The highest BCUT2D eigenvalue weighted by atomic mass is 32.2. The number of rotatable bonds is 8. The number of carbonyl (C=O) groups is 1. The summed E-state index contributed by atoms with van der Waals surface area (Å²) in [7, 11) is 0.792. The van der Waals surface area contributed by atoms with Crippen molar-refractivity contribution in [2.45, 2.75) is 24.5 Å². The molecule has 2 rings (SSSR count). The van der Waals surface area contributed by atoms with Crippen LogP contribution in [0.5, 0.6) is 5.75 Å². The maximum Gasteiger partial charge on any atom is 0.242 e. The van der Waals surface area contributed by atoms with Crippen molar-refractivity contribution in [1.29, 1.82) is 0 Å². The number of amides is 1. The van der Waals surface area contributed by atoms with Gasteiger partial charge < -0.3 is 10.1 Å². The second-order valence-corrected chi connectivity index (χ2v) is 9.76. The molecule has 0 bridgehead atoms. The van der Waals surface area contributed by atoms with E-state index < -0.39 is 10.0 Å². The quantitative estimate of drug-likeness (QED) is 0.705. The van der Waals surface area contributed by atoms with E-state index in [0.29, 0.717) is 11.4 Å². The smallest absolute Gasteiger partial charge is 0.242 e. The second kappa shape index (κ2) is 9.45. The summed E-state index contributed by atoms with van der Waals surface area (Å²) in [6, 6.07) is 10.7. The lowest BCUT2D eigenvalue weighted by Gasteiger charge is -2.15. The van der Waals surface area contributed by atoms with Gasteiger partial charge in [-0.15, -0.1) is 11.8 Å². The Morgan fingerprint density at radius 3 is 2.50 bits per heavy atom. The van der Waals surface area contributed by atoms with E-state index in [0.717, 1.165) is 10.1 Å². The number of hydrogen-bond donors (Lipinski definition) is 1. The number of anilines is 1. The summed E-state index contributed by atoms with van der Waals surface area (Å²) in [6.07, 6.45) is 0. The predicted octanol–water partition coefficient (Wildman–Crippen LogP) is 3.43. The van der Waals surface area contributed by atoms with Gasteiger partial charge in [0.05, 0.1) is 23.4 Å². The minimum atomic E-state index is -3.60. The van der Waals surface area contributed by atoms with Gasteiger partial charge >= 0.3 is 0 Å². The standard InChI is InChI=1S/C20H26N2O4S2/c1-14-6-7-15(2)16(10-14)12-27-13-20(23)21-18-11-17(8-9-19(18)26-5)28(24,25)22(3)4/h6-11H,12-13H2,1-5H3,(H,21,23). The zero-order chi connectivity index (χ0) is 20.9. The van der Waals surface area contributed by atoms with E-state index in [1.165, 1.54) is 67.9 Å². The zero-order valence-corrected chi connectivity index (χ0v) is 18.4. The molecule has 2 aromatic rings. The lowest BCUT2D eigenvalue weighted by Crippen LogP contribution is -2.22. The van der Waals surface area contributed by atoms with Crippen LogP contribution in [0.2, 0.25) is 0 Å². The molecule has 0 saturated heterocycles. The molecule has 0 saturated carbocycles. The van der Waals surface area contributed by atoms with Crippen molar-refractivity contribution in [3.8, 4) is 5.75 Å². The molecular weight excluding hydrogens is 396 g/mol. The van der Waals surface area contributed by atoms with E-state index in [1.807, 2.05) is 6.92 Å². The Kier molecular flexibility index (Phi) is 7.51. The van der Waals surface area contributed by atoms with Crippen LogP contribution in [0.1, 0.15) is 16.7 Å². The fourth-order valence-electron chi connectivity index (χ4n) is 2.55. The van der Waals surface area contributed by atoms with Crippen molar-refractivity contribution < 1.29 is 17.9 Å². The number of methoxy groups -OCH3 is 1. The number of carbonyl (C=O) groups excluding carboxylic acids is 1. The molecule has 0 aromatic heterocycles. The maximum atomic E-state index is 12.4. The SMILES string of the molecule is COc1ccc(S(=O)(=O)N(C)C)cc1NC(=O)CSCc1cc(C)ccc1C. The first-order chi connectivity index (χ1) is 13.1. The number of benzene rings is 2. The molecule has 0 fully saturated rings. The molecule has 0 atom stereocenters. The van der Waals surface area contributed by atoms with Crippen LogP contribution >= 0.6 is 11.8 Å². The minimum absolute atomic E-state index is 0.0941. The van der Waals surface area contributed by atoms with Crippen LogP contribution in [0, 0.1) is 13.8 Å². The van der Waals surface area contributed by atoms with Gasteiger partial charge in [0, 0.05) is 19.8 Å². The normalized spacial score (nSPS) is 11.5. The molecule has 0 aliphatic rings. The van der Waals surface area contributed by atoms with E-state index >= 15 is 0 Å². The Bertz CT molecular complexity index is 957. The molecule has 0 spiro atoms. The van der Waals surface area contributed by atoms with Gasteiger partial charge in [0.1, 0.15) is 5.75 Å². The van der Waals surface area contributed by atoms with Crippen molar-refractivity contribution in [2.75, 3.05) is 32.3 Å². The lowest BCUT2D eigenvalue weighted by atomic mass is 10.1. The Balaban J connectivity index is 2.07. The number of nitrogens with one attached hydrogen (secondary N) is 1. The van der Waals surface area contributed by atoms with Gasteiger partial charge in [0.15, 0.2) is 0 Å². The molecule has 0 aliphatic carbocycles.